The van der Waals surface area contributed by atoms with Crippen molar-refractivity contribution < 1.29 is 14.3 Å². The maximum atomic E-state index is 13.6. The van der Waals surface area contributed by atoms with E-state index >= 15 is 0 Å². The second kappa shape index (κ2) is 4.86. The topological polar surface area (TPSA) is 40.5 Å². The Hall–Kier alpha value is -1.13. The van der Waals surface area contributed by atoms with Crippen molar-refractivity contribution in [1.82, 2.24) is 4.90 Å². The molecule has 1 aliphatic rings. The molecule has 5 heteroatoms. The monoisotopic (exact) mass is 271 g/mol. The Kier molecular flexibility index (Phi) is 3.59. The van der Waals surface area contributed by atoms with Crippen molar-refractivity contribution in [3.63, 3.8) is 0 Å². The Morgan fingerprint density at radius 1 is 1.61 bits per heavy atom. The van der Waals surface area contributed by atoms with Crippen LogP contribution in [0.4, 0.5) is 4.39 Å². The Morgan fingerprint density at radius 3 is 2.89 bits per heavy atom. The van der Waals surface area contributed by atoms with Crippen LogP contribution in [0.25, 0.3) is 0 Å². The lowest BCUT2D eigenvalue weighted by Crippen LogP contribution is -2.31. The average molecular weight is 272 g/mol. The van der Waals surface area contributed by atoms with Crippen molar-refractivity contribution in [2.75, 3.05) is 13.1 Å². The summed E-state index contributed by atoms with van der Waals surface area (Å²) in [6.45, 7) is 3.27. The molecule has 1 saturated heterocycles. The van der Waals surface area contributed by atoms with Gasteiger partial charge < -0.3 is 5.11 Å². The largest absolute Gasteiger partial charge is 0.481 e. The van der Waals surface area contributed by atoms with Crippen LogP contribution >= 0.6 is 11.6 Å². The van der Waals surface area contributed by atoms with Gasteiger partial charge in [-0.3, -0.25) is 9.69 Å². The molecule has 1 fully saturated rings. The predicted octanol–water partition coefficient (Wildman–Crippen LogP) is 2.78. The maximum Gasteiger partial charge on any atom is 0.310 e. The van der Waals surface area contributed by atoms with Gasteiger partial charge in [-0.25, -0.2) is 4.39 Å². The zero-order chi connectivity index (χ0) is 13.3. The lowest BCUT2D eigenvalue weighted by atomic mass is 9.90. The molecule has 0 bridgehead atoms. The fraction of sp³-hybridized carbons (Fsp3) is 0.462. The number of benzene rings is 1. The summed E-state index contributed by atoms with van der Waals surface area (Å²) in [5, 5.41) is 9.50. The van der Waals surface area contributed by atoms with Crippen molar-refractivity contribution in [3.05, 3.63) is 34.6 Å². The minimum Gasteiger partial charge on any atom is -0.481 e. The molecule has 1 heterocycles. The second-order valence-electron chi connectivity index (χ2n) is 5.06. The third kappa shape index (κ3) is 2.65. The third-order valence-electron chi connectivity index (χ3n) is 3.48. The van der Waals surface area contributed by atoms with Gasteiger partial charge in [0.15, 0.2) is 0 Å². The number of carboxylic acids is 1. The van der Waals surface area contributed by atoms with E-state index in [0.29, 0.717) is 36.6 Å². The first-order chi connectivity index (χ1) is 8.40. The van der Waals surface area contributed by atoms with E-state index < -0.39 is 11.4 Å². The van der Waals surface area contributed by atoms with Crippen LogP contribution in [-0.4, -0.2) is 29.1 Å². The molecule has 18 heavy (non-hydrogen) atoms. The number of halogens is 2. The van der Waals surface area contributed by atoms with Crippen molar-refractivity contribution >= 4 is 17.6 Å². The molecular weight excluding hydrogens is 257 g/mol. The first kappa shape index (κ1) is 13.3. The predicted molar refractivity (Wildman–Crippen MR) is 67.0 cm³/mol. The van der Waals surface area contributed by atoms with Crippen LogP contribution in [0, 0.1) is 11.2 Å². The normalized spacial score (nSPS) is 24.4. The van der Waals surface area contributed by atoms with E-state index in [-0.39, 0.29) is 5.82 Å². The number of likely N-dealkylation sites (tertiary alicyclic amines) is 1. The van der Waals surface area contributed by atoms with Gasteiger partial charge in [0.1, 0.15) is 5.82 Å². The number of rotatable bonds is 3. The number of aliphatic carboxylic acids is 1. The van der Waals surface area contributed by atoms with Crippen LogP contribution in [0.2, 0.25) is 5.02 Å². The minimum absolute atomic E-state index is 0.341. The standard InChI is InChI=1S/C13H15ClFNO2/c1-13(12(17)18)4-5-16(8-13)7-9-2-3-10(14)6-11(9)15/h2-3,6H,4-5,7-8H2,1H3,(H,17,18). The van der Waals surface area contributed by atoms with Gasteiger partial charge in [0.05, 0.1) is 5.41 Å². The van der Waals surface area contributed by atoms with Crippen LogP contribution < -0.4 is 0 Å². The third-order valence-corrected chi connectivity index (χ3v) is 3.71. The van der Waals surface area contributed by atoms with E-state index in [1.807, 2.05) is 4.90 Å². The van der Waals surface area contributed by atoms with Gasteiger partial charge in [0.25, 0.3) is 0 Å². The lowest BCUT2D eigenvalue weighted by Gasteiger charge is -2.20. The number of hydrogen-bond acceptors (Lipinski definition) is 2. The highest BCUT2D eigenvalue weighted by Gasteiger charge is 2.40. The molecule has 0 spiro atoms. The lowest BCUT2D eigenvalue weighted by molar-refractivity contribution is -0.147. The van der Waals surface area contributed by atoms with E-state index in [1.165, 1.54) is 6.07 Å². The highest BCUT2D eigenvalue weighted by Crippen LogP contribution is 2.31. The van der Waals surface area contributed by atoms with Crippen molar-refractivity contribution in [2.45, 2.75) is 19.9 Å². The summed E-state index contributed by atoms with van der Waals surface area (Å²) in [7, 11) is 0. The Morgan fingerprint density at radius 2 is 2.33 bits per heavy atom. The summed E-state index contributed by atoms with van der Waals surface area (Å²) in [5.41, 5.74) is -0.169. The van der Waals surface area contributed by atoms with E-state index in [0.717, 1.165) is 0 Å². The molecule has 0 saturated carbocycles. The van der Waals surface area contributed by atoms with Gasteiger partial charge in [-0.1, -0.05) is 17.7 Å². The van der Waals surface area contributed by atoms with Crippen molar-refractivity contribution in [2.24, 2.45) is 5.41 Å². The maximum absolute atomic E-state index is 13.6. The van der Waals surface area contributed by atoms with E-state index in [9.17, 15) is 9.18 Å². The van der Waals surface area contributed by atoms with Crippen molar-refractivity contribution in [3.8, 4) is 0 Å². The smallest absolute Gasteiger partial charge is 0.310 e. The molecule has 1 aromatic rings. The number of carboxylic acid groups (broad SMARTS) is 1. The van der Waals surface area contributed by atoms with Crippen molar-refractivity contribution in [1.29, 1.82) is 0 Å². The molecule has 98 valence electrons. The van der Waals surface area contributed by atoms with Crippen LogP contribution in [0.3, 0.4) is 0 Å². The molecule has 1 aromatic carbocycles. The fourth-order valence-electron chi connectivity index (χ4n) is 2.26. The summed E-state index contributed by atoms with van der Waals surface area (Å²) in [6, 6.07) is 4.57. The second-order valence-corrected chi connectivity index (χ2v) is 5.50. The van der Waals surface area contributed by atoms with Gasteiger partial charge in [-0.15, -0.1) is 0 Å². The van der Waals surface area contributed by atoms with Crippen LogP contribution in [0.5, 0.6) is 0 Å². The molecule has 0 aromatic heterocycles. The highest BCUT2D eigenvalue weighted by molar-refractivity contribution is 6.30. The van der Waals surface area contributed by atoms with Gasteiger partial charge in [0.2, 0.25) is 0 Å². The molecular formula is C13H15ClFNO2. The summed E-state index contributed by atoms with van der Waals surface area (Å²) in [4.78, 5) is 13.1. The summed E-state index contributed by atoms with van der Waals surface area (Å²) in [5.74, 6) is -1.13. The first-order valence-corrected chi connectivity index (χ1v) is 6.18. The van der Waals surface area contributed by atoms with Gasteiger partial charge in [-0.2, -0.15) is 0 Å². The zero-order valence-corrected chi connectivity index (χ0v) is 10.9. The van der Waals surface area contributed by atoms with Crippen LogP contribution in [-0.2, 0) is 11.3 Å². The quantitative estimate of drug-likeness (QED) is 0.919. The number of hydrogen-bond donors (Lipinski definition) is 1. The molecule has 1 aliphatic heterocycles. The van der Waals surface area contributed by atoms with E-state index in [1.54, 1.807) is 19.1 Å². The molecule has 0 aliphatic carbocycles. The average Bonchev–Trinajstić information content (AvgIpc) is 2.66. The molecule has 1 atom stereocenters. The zero-order valence-electron chi connectivity index (χ0n) is 10.1. The van der Waals surface area contributed by atoms with Crippen LogP contribution in [0.1, 0.15) is 18.9 Å². The van der Waals surface area contributed by atoms with Gasteiger partial charge in [0, 0.05) is 23.7 Å². The number of carbonyl (C=O) groups is 1. The van der Waals surface area contributed by atoms with E-state index in [2.05, 4.69) is 0 Å². The highest BCUT2D eigenvalue weighted by atomic mass is 35.5. The molecule has 2 rings (SSSR count). The molecule has 1 unspecified atom stereocenters. The molecule has 1 N–H and O–H groups in total. The van der Waals surface area contributed by atoms with E-state index in [4.69, 9.17) is 16.7 Å². The Balaban J connectivity index is 2.06. The Bertz CT molecular complexity index is 480. The fourth-order valence-corrected chi connectivity index (χ4v) is 2.42. The molecule has 0 amide bonds. The van der Waals surface area contributed by atoms with Gasteiger partial charge in [-0.05, 0) is 32.0 Å². The van der Waals surface area contributed by atoms with Crippen LogP contribution in [0.15, 0.2) is 18.2 Å². The van der Waals surface area contributed by atoms with Gasteiger partial charge >= 0.3 is 5.97 Å². The SMILES string of the molecule is CC1(C(=O)O)CCN(Cc2ccc(Cl)cc2F)C1. The molecule has 3 nitrogen and oxygen atoms in total. The number of nitrogens with zero attached hydrogens (tertiary/aromatic N) is 1. The summed E-state index contributed by atoms with van der Waals surface area (Å²) >= 11 is 5.69. The summed E-state index contributed by atoms with van der Waals surface area (Å²) in [6.07, 6.45) is 0.595. The first-order valence-electron chi connectivity index (χ1n) is 5.80. The summed E-state index contributed by atoms with van der Waals surface area (Å²) < 4.78 is 13.6. The minimum atomic E-state index is -0.790. The molecule has 0 radical (unpaired) electrons. The Labute approximate surface area is 110 Å².